The number of thioether (sulfide) groups is 1. The topological polar surface area (TPSA) is 66.5 Å². The Balaban J connectivity index is 1.99. The smallest absolute Gasteiger partial charge is 0.234 e. The molecule has 2 rings (SSSR count). The molecule has 0 fully saturated rings. The van der Waals surface area contributed by atoms with Gasteiger partial charge in [-0.15, -0.1) is 11.8 Å². The molecule has 0 bridgehead atoms. The molecule has 0 aliphatic rings. The maximum atomic E-state index is 12.0. The third kappa shape index (κ3) is 5.30. The summed E-state index contributed by atoms with van der Waals surface area (Å²) in [5.74, 6) is 0.147. The molecule has 0 saturated carbocycles. The average molecular weight is 350 g/mol. The molecule has 0 unspecified atom stereocenters. The molecule has 0 aliphatic carbocycles. The lowest BCUT2D eigenvalue weighted by Gasteiger charge is -2.17. The molecule has 5 nitrogen and oxygen atoms in total. The standard InChI is InChI=1S/C16H18N2O3S2/c1-18(23(2,20)21)14-8-6-7-13(11-14)17-16(19)12-22-15-9-4-3-5-10-15/h3-11H,12H2,1-2H3,(H,17,19). The first-order valence-electron chi connectivity index (χ1n) is 6.88. The minimum absolute atomic E-state index is 0.141. The van der Waals surface area contributed by atoms with Gasteiger partial charge in [0.2, 0.25) is 15.9 Å². The van der Waals surface area contributed by atoms with Gasteiger partial charge in [0, 0.05) is 17.6 Å². The number of anilines is 2. The van der Waals surface area contributed by atoms with Crippen LogP contribution >= 0.6 is 11.8 Å². The van der Waals surface area contributed by atoms with Gasteiger partial charge in [0.1, 0.15) is 0 Å². The van der Waals surface area contributed by atoms with Crippen molar-refractivity contribution in [1.29, 1.82) is 0 Å². The molecule has 0 aliphatic heterocycles. The van der Waals surface area contributed by atoms with E-state index in [9.17, 15) is 13.2 Å². The van der Waals surface area contributed by atoms with E-state index in [1.54, 1.807) is 24.3 Å². The number of carbonyl (C=O) groups excluding carboxylic acids is 1. The van der Waals surface area contributed by atoms with Crippen LogP contribution in [0, 0.1) is 0 Å². The van der Waals surface area contributed by atoms with Crippen LogP contribution in [0.25, 0.3) is 0 Å². The van der Waals surface area contributed by atoms with Gasteiger partial charge in [-0.3, -0.25) is 9.10 Å². The second-order valence-corrected chi connectivity index (χ2v) is 7.99. The lowest BCUT2D eigenvalue weighted by atomic mass is 10.3. The van der Waals surface area contributed by atoms with E-state index in [-0.39, 0.29) is 11.7 Å². The highest BCUT2D eigenvalue weighted by Crippen LogP contribution is 2.21. The van der Waals surface area contributed by atoms with Gasteiger partial charge in [-0.05, 0) is 30.3 Å². The molecule has 23 heavy (non-hydrogen) atoms. The van der Waals surface area contributed by atoms with Crippen LogP contribution in [-0.4, -0.2) is 33.4 Å². The van der Waals surface area contributed by atoms with Crippen molar-refractivity contribution in [3.05, 3.63) is 54.6 Å². The zero-order valence-electron chi connectivity index (χ0n) is 12.9. The zero-order valence-corrected chi connectivity index (χ0v) is 14.5. The molecular weight excluding hydrogens is 332 g/mol. The van der Waals surface area contributed by atoms with Crippen molar-refractivity contribution < 1.29 is 13.2 Å². The zero-order chi connectivity index (χ0) is 16.9. The summed E-state index contributed by atoms with van der Waals surface area (Å²) in [6.45, 7) is 0. The SMILES string of the molecule is CN(c1cccc(NC(=O)CSc2ccccc2)c1)S(C)(=O)=O. The summed E-state index contributed by atoms with van der Waals surface area (Å²) >= 11 is 1.44. The van der Waals surface area contributed by atoms with E-state index in [1.807, 2.05) is 30.3 Å². The van der Waals surface area contributed by atoms with Crippen LogP contribution in [0.1, 0.15) is 0 Å². The van der Waals surface area contributed by atoms with Crippen LogP contribution in [0.3, 0.4) is 0 Å². The number of benzene rings is 2. The van der Waals surface area contributed by atoms with Crippen molar-refractivity contribution in [2.45, 2.75) is 4.90 Å². The lowest BCUT2D eigenvalue weighted by molar-refractivity contribution is -0.113. The fourth-order valence-corrected chi connectivity index (χ4v) is 3.05. The Morgan fingerprint density at radius 2 is 1.83 bits per heavy atom. The highest BCUT2D eigenvalue weighted by atomic mass is 32.2. The molecule has 0 radical (unpaired) electrons. The monoisotopic (exact) mass is 350 g/mol. The molecule has 0 spiro atoms. The number of hydrogen-bond acceptors (Lipinski definition) is 4. The van der Waals surface area contributed by atoms with E-state index in [4.69, 9.17) is 0 Å². The molecule has 0 heterocycles. The maximum absolute atomic E-state index is 12.0. The predicted molar refractivity (Wildman–Crippen MR) is 95.5 cm³/mol. The van der Waals surface area contributed by atoms with Crippen LogP contribution in [-0.2, 0) is 14.8 Å². The van der Waals surface area contributed by atoms with E-state index in [2.05, 4.69) is 5.32 Å². The van der Waals surface area contributed by atoms with E-state index in [0.717, 1.165) is 11.2 Å². The molecule has 0 aromatic heterocycles. The molecule has 1 amide bonds. The summed E-state index contributed by atoms with van der Waals surface area (Å²) < 4.78 is 24.3. The highest BCUT2D eigenvalue weighted by Gasteiger charge is 2.12. The van der Waals surface area contributed by atoms with Gasteiger partial charge < -0.3 is 5.32 Å². The number of carbonyl (C=O) groups is 1. The van der Waals surface area contributed by atoms with Gasteiger partial charge in [0.05, 0.1) is 17.7 Å². The highest BCUT2D eigenvalue weighted by molar-refractivity contribution is 8.00. The van der Waals surface area contributed by atoms with Crippen molar-refractivity contribution in [2.24, 2.45) is 0 Å². The number of hydrogen-bond donors (Lipinski definition) is 1. The van der Waals surface area contributed by atoms with Gasteiger partial charge in [0.15, 0.2) is 0 Å². The van der Waals surface area contributed by atoms with Crippen LogP contribution in [0.2, 0.25) is 0 Å². The van der Waals surface area contributed by atoms with Gasteiger partial charge in [-0.1, -0.05) is 24.3 Å². The van der Waals surface area contributed by atoms with Gasteiger partial charge >= 0.3 is 0 Å². The van der Waals surface area contributed by atoms with Crippen molar-refractivity contribution in [3.8, 4) is 0 Å². The van der Waals surface area contributed by atoms with E-state index < -0.39 is 10.0 Å². The van der Waals surface area contributed by atoms with E-state index in [0.29, 0.717) is 11.4 Å². The summed E-state index contributed by atoms with van der Waals surface area (Å²) in [6, 6.07) is 16.4. The third-order valence-electron chi connectivity index (χ3n) is 3.10. The molecule has 122 valence electrons. The second kappa shape index (κ2) is 7.52. The molecule has 1 N–H and O–H groups in total. The summed E-state index contributed by atoms with van der Waals surface area (Å²) in [7, 11) is -1.86. The van der Waals surface area contributed by atoms with Crippen molar-refractivity contribution in [3.63, 3.8) is 0 Å². The molecule has 2 aromatic rings. The normalized spacial score (nSPS) is 11.0. The molecule has 0 saturated heterocycles. The molecular formula is C16H18N2O3S2. The van der Waals surface area contributed by atoms with E-state index >= 15 is 0 Å². The molecule has 7 heteroatoms. The molecule has 0 atom stereocenters. The Hall–Kier alpha value is -1.99. The molecule has 2 aromatic carbocycles. The minimum Gasteiger partial charge on any atom is -0.325 e. The van der Waals surface area contributed by atoms with Gasteiger partial charge in [-0.2, -0.15) is 0 Å². The van der Waals surface area contributed by atoms with Crippen LogP contribution in [0.5, 0.6) is 0 Å². The number of rotatable bonds is 6. The summed E-state index contributed by atoms with van der Waals surface area (Å²) in [6.07, 6.45) is 1.13. The quantitative estimate of drug-likeness (QED) is 0.814. The first-order valence-corrected chi connectivity index (χ1v) is 9.71. The van der Waals surface area contributed by atoms with Crippen molar-refractivity contribution >= 4 is 39.1 Å². The average Bonchev–Trinajstić information content (AvgIpc) is 2.52. The number of amides is 1. The third-order valence-corrected chi connectivity index (χ3v) is 5.32. The first kappa shape index (κ1) is 17.4. The number of nitrogens with zero attached hydrogens (tertiary/aromatic N) is 1. The number of sulfonamides is 1. The fraction of sp³-hybridized carbons (Fsp3) is 0.188. The first-order chi connectivity index (χ1) is 10.9. The lowest BCUT2D eigenvalue weighted by Crippen LogP contribution is -2.25. The Morgan fingerprint density at radius 3 is 2.48 bits per heavy atom. The Kier molecular flexibility index (Phi) is 5.68. The number of nitrogens with one attached hydrogen (secondary N) is 1. The van der Waals surface area contributed by atoms with Crippen molar-refractivity contribution in [1.82, 2.24) is 0 Å². The minimum atomic E-state index is -3.33. The Labute approximate surface area is 140 Å². The Bertz CT molecular complexity index is 777. The van der Waals surface area contributed by atoms with Gasteiger partial charge in [-0.25, -0.2) is 8.42 Å². The van der Waals surface area contributed by atoms with Crippen LogP contribution in [0.15, 0.2) is 59.5 Å². The fourth-order valence-electron chi connectivity index (χ4n) is 1.83. The van der Waals surface area contributed by atoms with Crippen LogP contribution < -0.4 is 9.62 Å². The summed E-state index contributed by atoms with van der Waals surface area (Å²) in [4.78, 5) is 13.0. The maximum Gasteiger partial charge on any atom is 0.234 e. The van der Waals surface area contributed by atoms with Crippen molar-refractivity contribution in [2.75, 3.05) is 28.7 Å². The Morgan fingerprint density at radius 1 is 1.13 bits per heavy atom. The summed E-state index contributed by atoms with van der Waals surface area (Å²) in [5.41, 5.74) is 1.07. The second-order valence-electron chi connectivity index (χ2n) is 4.93. The summed E-state index contributed by atoms with van der Waals surface area (Å²) in [5, 5.41) is 2.78. The predicted octanol–water partition coefficient (Wildman–Crippen LogP) is 2.81. The largest absolute Gasteiger partial charge is 0.325 e. The van der Waals surface area contributed by atoms with Gasteiger partial charge in [0.25, 0.3) is 0 Å². The van der Waals surface area contributed by atoms with Crippen LogP contribution in [0.4, 0.5) is 11.4 Å². The van der Waals surface area contributed by atoms with E-state index in [1.165, 1.54) is 23.1 Å².